The maximum absolute atomic E-state index is 12.7. The van der Waals surface area contributed by atoms with Crippen molar-refractivity contribution in [3.05, 3.63) is 35.4 Å². The summed E-state index contributed by atoms with van der Waals surface area (Å²) in [6.45, 7) is 0. The van der Waals surface area contributed by atoms with Crippen LogP contribution in [-0.4, -0.2) is 11.3 Å². The van der Waals surface area contributed by atoms with Gasteiger partial charge in [0.2, 0.25) is 5.95 Å². The molecule has 14 heavy (non-hydrogen) atoms. The lowest BCUT2D eigenvalue weighted by atomic mass is 10.2. The minimum Gasteiger partial charge on any atom is -0.298 e. The van der Waals surface area contributed by atoms with Gasteiger partial charge in [0.05, 0.1) is 18.1 Å². The number of hydrogen-bond acceptors (Lipinski definition) is 3. The highest BCUT2D eigenvalue weighted by Crippen LogP contribution is 2.07. The largest absolute Gasteiger partial charge is 0.298 e. The first-order valence-corrected chi connectivity index (χ1v) is 3.92. The first-order chi connectivity index (χ1) is 6.77. The second-order valence-electron chi connectivity index (χ2n) is 2.53. The summed E-state index contributed by atoms with van der Waals surface area (Å²) < 4.78 is 12.7. The normalized spacial score (nSPS) is 10.0. The molecule has 0 bridgehead atoms. The Balaban J connectivity index is 2.90. The lowest BCUT2D eigenvalue weighted by Gasteiger charge is -1.95. The van der Waals surface area contributed by atoms with Crippen molar-refractivity contribution in [2.75, 3.05) is 0 Å². The van der Waals surface area contributed by atoms with Crippen LogP contribution in [0.5, 0.6) is 0 Å². The van der Waals surface area contributed by atoms with Gasteiger partial charge in [-0.15, -0.1) is 0 Å². The van der Waals surface area contributed by atoms with Crippen LogP contribution < -0.4 is 0 Å². The molecule has 0 N–H and O–H groups in total. The van der Waals surface area contributed by atoms with Crippen molar-refractivity contribution in [2.24, 2.45) is 0 Å². The van der Waals surface area contributed by atoms with Gasteiger partial charge in [-0.05, 0) is 11.6 Å². The minimum absolute atomic E-state index is 0.0795. The highest BCUT2D eigenvalue weighted by molar-refractivity contribution is 5.75. The summed E-state index contributed by atoms with van der Waals surface area (Å²) in [5.41, 5.74) is 0.521. The van der Waals surface area contributed by atoms with Crippen molar-refractivity contribution in [3.8, 4) is 6.07 Å². The summed E-state index contributed by atoms with van der Waals surface area (Å²) in [6, 6.07) is 3.31. The fourth-order valence-electron chi connectivity index (χ4n) is 0.904. The zero-order valence-electron chi connectivity index (χ0n) is 7.27. The molecule has 4 heteroatoms. The molecule has 0 saturated heterocycles. The molecule has 1 aromatic heterocycles. The number of halogens is 1. The monoisotopic (exact) mass is 190 g/mol. The van der Waals surface area contributed by atoms with Crippen molar-refractivity contribution in [1.29, 1.82) is 5.26 Å². The highest BCUT2D eigenvalue weighted by Gasteiger charge is 2.01. The van der Waals surface area contributed by atoms with Crippen LogP contribution in [0.2, 0.25) is 0 Å². The molecule has 1 heterocycles. The molecule has 0 aliphatic carbocycles. The maximum atomic E-state index is 12.7. The minimum atomic E-state index is -0.780. The van der Waals surface area contributed by atoms with Crippen molar-refractivity contribution in [2.45, 2.75) is 6.42 Å². The Bertz CT molecular complexity index is 407. The number of allylic oxidation sites excluding steroid dienone is 1. The Morgan fingerprint density at radius 3 is 3.07 bits per heavy atom. The summed E-state index contributed by atoms with van der Waals surface area (Å²) in [4.78, 5) is 13.7. The van der Waals surface area contributed by atoms with Gasteiger partial charge in [-0.25, -0.2) is 4.98 Å². The number of nitrogens with zero attached hydrogens (tertiary/aromatic N) is 2. The molecule has 0 atom stereocenters. The van der Waals surface area contributed by atoms with Crippen LogP contribution in [0.3, 0.4) is 0 Å². The molecular formula is C10H7FN2O. The second-order valence-corrected chi connectivity index (χ2v) is 2.53. The average Bonchev–Trinajstić information content (AvgIpc) is 2.21. The molecule has 0 aliphatic rings. The molecule has 0 aromatic carbocycles. The molecule has 0 saturated carbocycles. The Kier molecular flexibility index (Phi) is 3.50. The zero-order valence-corrected chi connectivity index (χ0v) is 7.27. The van der Waals surface area contributed by atoms with Gasteiger partial charge in [0.1, 0.15) is 0 Å². The van der Waals surface area contributed by atoms with Gasteiger partial charge in [0.15, 0.2) is 6.29 Å². The van der Waals surface area contributed by atoms with E-state index >= 15 is 0 Å². The molecule has 0 spiro atoms. The Labute approximate surface area is 80.5 Å². The van der Waals surface area contributed by atoms with Crippen LogP contribution in [0.25, 0.3) is 6.08 Å². The van der Waals surface area contributed by atoms with E-state index in [9.17, 15) is 9.18 Å². The Hall–Kier alpha value is -2.02. The van der Waals surface area contributed by atoms with E-state index in [0.29, 0.717) is 11.8 Å². The van der Waals surface area contributed by atoms with Crippen LogP contribution in [0.4, 0.5) is 4.39 Å². The van der Waals surface area contributed by atoms with E-state index in [1.165, 1.54) is 12.3 Å². The summed E-state index contributed by atoms with van der Waals surface area (Å²) in [5.74, 6) is -0.780. The van der Waals surface area contributed by atoms with Crippen LogP contribution in [0.1, 0.15) is 22.3 Å². The van der Waals surface area contributed by atoms with Crippen molar-refractivity contribution in [1.82, 2.24) is 4.98 Å². The number of carbonyl (C=O) groups excluding carboxylic acids is 1. The summed E-state index contributed by atoms with van der Waals surface area (Å²) >= 11 is 0. The molecule has 70 valence electrons. The maximum Gasteiger partial charge on any atom is 0.223 e. The lowest BCUT2D eigenvalue weighted by Crippen LogP contribution is -1.92. The molecule has 0 aliphatic heterocycles. The molecule has 0 unspecified atom stereocenters. The molecule has 0 fully saturated rings. The fraction of sp³-hybridized carbons (Fsp3) is 0.100. The van der Waals surface area contributed by atoms with E-state index in [2.05, 4.69) is 4.98 Å². The van der Waals surface area contributed by atoms with Gasteiger partial charge < -0.3 is 0 Å². The quantitative estimate of drug-likeness (QED) is 0.540. The first-order valence-electron chi connectivity index (χ1n) is 3.92. The number of nitriles is 1. The third-order valence-electron chi connectivity index (χ3n) is 1.53. The fourth-order valence-corrected chi connectivity index (χ4v) is 0.904. The van der Waals surface area contributed by atoms with Crippen LogP contribution in [0, 0.1) is 17.3 Å². The SMILES string of the molecule is N#CCC=Cc1cnc(F)c(C=O)c1. The topological polar surface area (TPSA) is 53.8 Å². The Morgan fingerprint density at radius 2 is 2.43 bits per heavy atom. The third kappa shape index (κ3) is 2.49. The zero-order chi connectivity index (χ0) is 10.4. The molecule has 0 radical (unpaired) electrons. The lowest BCUT2D eigenvalue weighted by molar-refractivity contribution is 0.111. The molecule has 0 amide bonds. The van der Waals surface area contributed by atoms with Gasteiger partial charge in [-0.1, -0.05) is 12.2 Å². The first kappa shape index (κ1) is 10.1. The summed E-state index contributed by atoms with van der Waals surface area (Å²) in [5, 5.41) is 8.26. The molecule has 3 nitrogen and oxygen atoms in total. The van der Waals surface area contributed by atoms with E-state index in [0.717, 1.165) is 0 Å². The molecule has 1 rings (SSSR count). The predicted octanol–water partition coefficient (Wildman–Crippen LogP) is 1.96. The van der Waals surface area contributed by atoms with Gasteiger partial charge in [-0.3, -0.25) is 4.79 Å². The smallest absolute Gasteiger partial charge is 0.223 e. The van der Waals surface area contributed by atoms with Crippen molar-refractivity contribution >= 4 is 12.4 Å². The molecular weight excluding hydrogens is 183 g/mol. The number of aromatic nitrogens is 1. The summed E-state index contributed by atoms with van der Waals surface area (Å²) in [6.07, 6.45) is 5.21. The van der Waals surface area contributed by atoms with E-state index in [1.54, 1.807) is 12.2 Å². The van der Waals surface area contributed by atoms with E-state index in [-0.39, 0.29) is 12.0 Å². The van der Waals surface area contributed by atoms with Gasteiger partial charge in [0, 0.05) is 6.20 Å². The van der Waals surface area contributed by atoms with Crippen LogP contribution >= 0.6 is 0 Å². The number of rotatable bonds is 3. The van der Waals surface area contributed by atoms with Gasteiger partial charge in [-0.2, -0.15) is 9.65 Å². The second kappa shape index (κ2) is 4.87. The summed E-state index contributed by atoms with van der Waals surface area (Å²) in [7, 11) is 0. The van der Waals surface area contributed by atoms with Crippen LogP contribution in [0.15, 0.2) is 18.3 Å². The molecule has 1 aromatic rings. The van der Waals surface area contributed by atoms with E-state index in [4.69, 9.17) is 5.26 Å². The van der Waals surface area contributed by atoms with E-state index in [1.807, 2.05) is 6.07 Å². The van der Waals surface area contributed by atoms with Crippen LogP contribution in [-0.2, 0) is 0 Å². The van der Waals surface area contributed by atoms with Crippen molar-refractivity contribution in [3.63, 3.8) is 0 Å². The number of pyridine rings is 1. The Morgan fingerprint density at radius 1 is 1.64 bits per heavy atom. The number of hydrogen-bond donors (Lipinski definition) is 0. The third-order valence-corrected chi connectivity index (χ3v) is 1.53. The van der Waals surface area contributed by atoms with Gasteiger partial charge in [0.25, 0.3) is 0 Å². The number of aldehydes is 1. The predicted molar refractivity (Wildman–Crippen MR) is 48.8 cm³/mol. The highest BCUT2D eigenvalue weighted by atomic mass is 19.1. The average molecular weight is 190 g/mol. The standard InChI is InChI=1S/C10H7FN2O/c11-10-9(7-14)5-8(6-13-10)3-1-2-4-12/h1,3,5-7H,2H2. The van der Waals surface area contributed by atoms with E-state index < -0.39 is 5.95 Å². The number of carbonyl (C=O) groups is 1. The van der Waals surface area contributed by atoms with Crippen molar-refractivity contribution < 1.29 is 9.18 Å². The van der Waals surface area contributed by atoms with Gasteiger partial charge >= 0.3 is 0 Å².